The summed E-state index contributed by atoms with van der Waals surface area (Å²) in [5, 5.41) is 3.95. The van der Waals surface area contributed by atoms with Crippen LogP contribution in [0.1, 0.15) is 18.5 Å². The summed E-state index contributed by atoms with van der Waals surface area (Å²) in [5.74, 6) is -0.403. The molecule has 0 aliphatic rings. The van der Waals surface area contributed by atoms with E-state index in [0.29, 0.717) is 10.0 Å². The third kappa shape index (κ3) is 3.38. The highest BCUT2D eigenvalue weighted by Crippen LogP contribution is 2.29. The molecule has 3 N–H and O–H groups in total. The van der Waals surface area contributed by atoms with Crippen LogP contribution in [0.4, 0.5) is 0 Å². The third-order valence-corrected chi connectivity index (χ3v) is 2.86. The lowest BCUT2D eigenvalue weighted by Gasteiger charge is -2.15. The third-order valence-electron chi connectivity index (χ3n) is 2.03. The molecular weight excluding hydrogens is 235 g/mol. The highest BCUT2D eigenvalue weighted by atomic mass is 35.5. The molecule has 3 nitrogen and oxygen atoms in total. The van der Waals surface area contributed by atoms with E-state index in [-0.39, 0.29) is 12.6 Å². The number of rotatable bonds is 4. The molecule has 0 aliphatic carbocycles. The number of benzene rings is 1. The quantitative estimate of drug-likeness (QED) is 0.856. The highest BCUT2D eigenvalue weighted by molar-refractivity contribution is 6.42. The van der Waals surface area contributed by atoms with E-state index in [4.69, 9.17) is 28.9 Å². The van der Waals surface area contributed by atoms with E-state index in [1.807, 2.05) is 19.1 Å². The van der Waals surface area contributed by atoms with Crippen molar-refractivity contribution in [2.75, 3.05) is 6.54 Å². The van der Waals surface area contributed by atoms with Gasteiger partial charge in [0, 0.05) is 6.04 Å². The van der Waals surface area contributed by atoms with E-state index in [2.05, 4.69) is 5.32 Å². The average molecular weight is 247 g/mol. The second kappa shape index (κ2) is 5.35. The fourth-order valence-electron chi connectivity index (χ4n) is 1.22. The molecule has 0 spiro atoms. The van der Waals surface area contributed by atoms with E-state index >= 15 is 0 Å². The number of halogens is 2. The van der Waals surface area contributed by atoms with Crippen molar-refractivity contribution in [1.82, 2.24) is 5.32 Å². The fourth-order valence-corrected chi connectivity index (χ4v) is 1.69. The molecule has 0 aliphatic heterocycles. The first-order valence-corrected chi connectivity index (χ1v) is 5.23. The van der Waals surface area contributed by atoms with Gasteiger partial charge < -0.3 is 11.1 Å². The molecule has 1 unspecified atom stereocenters. The summed E-state index contributed by atoms with van der Waals surface area (Å²) in [7, 11) is 0. The zero-order valence-corrected chi connectivity index (χ0v) is 9.77. The lowest BCUT2D eigenvalue weighted by atomic mass is 10.1. The molecule has 15 heavy (non-hydrogen) atoms. The molecule has 1 aromatic rings. The van der Waals surface area contributed by atoms with Gasteiger partial charge in [-0.2, -0.15) is 0 Å². The van der Waals surface area contributed by atoms with Crippen LogP contribution in [0.25, 0.3) is 0 Å². The maximum Gasteiger partial charge on any atom is 0.231 e. The summed E-state index contributed by atoms with van der Waals surface area (Å²) in [6, 6.07) is 5.32. The molecular formula is C10H12Cl2N2O. The van der Waals surface area contributed by atoms with Gasteiger partial charge in [-0.15, -0.1) is 0 Å². The molecule has 1 amide bonds. The van der Waals surface area contributed by atoms with Crippen LogP contribution >= 0.6 is 23.2 Å². The van der Waals surface area contributed by atoms with Crippen LogP contribution in [0.5, 0.6) is 0 Å². The summed E-state index contributed by atoms with van der Waals surface area (Å²) < 4.78 is 0. The normalized spacial score (nSPS) is 12.5. The minimum absolute atomic E-state index is 0.0660. The van der Waals surface area contributed by atoms with Crippen molar-refractivity contribution in [3.63, 3.8) is 0 Å². The first-order chi connectivity index (χ1) is 7.02. The van der Waals surface area contributed by atoms with Gasteiger partial charge in [-0.25, -0.2) is 0 Å². The Balaban J connectivity index is 2.77. The van der Waals surface area contributed by atoms with Crippen LogP contribution in [-0.4, -0.2) is 12.5 Å². The summed E-state index contributed by atoms with van der Waals surface area (Å²) in [6.45, 7) is 2.00. The SMILES string of the molecule is CC(NCC(N)=O)c1cccc(Cl)c1Cl. The van der Waals surface area contributed by atoms with E-state index in [1.54, 1.807) is 6.07 Å². The minimum Gasteiger partial charge on any atom is -0.369 e. The van der Waals surface area contributed by atoms with Gasteiger partial charge in [0.1, 0.15) is 0 Å². The Kier molecular flexibility index (Phi) is 4.39. The maximum absolute atomic E-state index is 10.6. The summed E-state index contributed by atoms with van der Waals surface area (Å²) in [4.78, 5) is 10.6. The Labute approximate surface area is 98.5 Å². The Morgan fingerprint density at radius 2 is 2.20 bits per heavy atom. The summed E-state index contributed by atoms with van der Waals surface area (Å²) in [6.07, 6.45) is 0. The molecule has 82 valence electrons. The van der Waals surface area contributed by atoms with Gasteiger partial charge in [0.15, 0.2) is 0 Å². The summed E-state index contributed by atoms with van der Waals surface area (Å²) >= 11 is 11.9. The van der Waals surface area contributed by atoms with Crippen LogP contribution in [0.2, 0.25) is 10.0 Å². The second-order valence-corrected chi connectivity index (χ2v) is 4.00. The fraction of sp³-hybridized carbons (Fsp3) is 0.300. The molecule has 1 rings (SSSR count). The zero-order chi connectivity index (χ0) is 11.4. The van der Waals surface area contributed by atoms with Crippen molar-refractivity contribution >= 4 is 29.1 Å². The van der Waals surface area contributed by atoms with Crippen LogP contribution in [0.3, 0.4) is 0 Å². The first kappa shape index (κ1) is 12.3. The summed E-state index contributed by atoms with van der Waals surface area (Å²) in [5.41, 5.74) is 5.88. The molecule has 1 atom stereocenters. The first-order valence-electron chi connectivity index (χ1n) is 4.48. The van der Waals surface area contributed by atoms with E-state index in [0.717, 1.165) is 5.56 Å². The predicted molar refractivity (Wildman–Crippen MR) is 62.1 cm³/mol. The topological polar surface area (TPSA) is 55.1 Å². The van der Waals surface area contributed by atoms with Crippen LogP contribution in [0.15, 0.2) is 18.2 Å². The van der Waals surface area contributed by atoms with Crippen molar-refractivity contribution in [2.24, 2.45) is 5.73 Å². The molecule has 0 saturated carbocycles. The van der Waals surface area contributed by atoms with Gasteiger partial charge in [0.25, 0.3) is 0 Å². The number of amides is 1. The van der Waals surface area contributed by atoms with Gasteiger partial charge in [-0.1, -0.05) is 35.3 Å². The molecule has 0 saturated heterocycles. The number of hydrogen-bond acceptors (Lipinski definition) is 2. The van der Waals surface area contributed by atoms with Gasteiger partial charge in [0.2, 0.25) is 5.91 Å². The molecule has 0 heterocycles. The zero-order valence-electron chi connectivity index (χ0n) is 8.26. The number of carbonyl (C=O) groups excluding carboxylic acids is 1. The molecule has 0 radical (unpaired) electrons. The number of primary amides is 1. The number of nitrogens with two attached hydrogens (primary N) is 1. The van der Waals surface area contributed by atoms with E-state index < -0.39 is 5.91 Å². The lowest BCUT2D eigenvalue weighted by molar-refractivity contribution is -0.117. The van der Waals surface area contributed by atoms with Crippen molar-refractivity contribution in [3.05, 3.63) is 33.8 Å². The van der Waals surface area contributed by atoms with Crippen LogP contribution in [-0.2, 0) is 4.79 Å². The largest absolute Gasteiger partial charge is 0.369 e. The van der Waals surface area contributed by atoms with Crippen LogP contribution < -0.4 is 11.1 Å². The number of nitrogens with one attached hydrogen (secondary N) is 1. The Morgan fingerprint density at radius 3 is 2.80 bits per heavy atom. The van der Waals surface area contributed by atoms with Crippen molar-refractivity contribution in [3.8, 4) is 0 Å². The monoisotopic (exact) mass is 246 g/mol. The average Bonchev–Trinajstić information content (AvgIpc) is 2.18. The van der Waals surface area contributed by atoms with E-state index in [9.17, 15) is 4.79 Å². The Morgan fingerprint density at radius 1 is 1.53 bits per heavy atom. The minimum atomic E-state index is -0.403. The molecule has 1 aromatic carbocycles. The van der Waals surface area contributed by atoms with Crippen LogP contribution in [0, 0.1) is 0 Å². The van der Waals surface area contributed by atoms with Gasteiger partial charge in [-0.3, -0.25) is 4.79 Å². The van der Waals surface area contributed by atoms with Crippen molar-refractivity contribution in [2.45, 2.75) is 13.0 Å². The van der Waals surface area contributed by atoms with Crippen molar-refractivity contribution < 1.29 is 4.79 Å². The maximum atomic E-state index is 10.6. The predicted octanol–water partition coefficient (Wildman–Crippen LogP) is 2.13. The Hall–Kier alpha value is -0.770. The molecule has 0 aromatic heterocycles. The molecule has 0 bridgehead atoms. The van der Waals surface area contributed by atoms with Gasteiger partial charge in [0.05, 0.1) is 16.6 Å². The number of hydrogen-bond donors (Lipinski definition) is 2. The Bertz CT molecular complexity index is 368. The van der Waals surface area contributed by atoms with Gasteiger partial charge in [-0.05, 0) is 18.6 Å². The van der Waals surface area contributed by atoms with E-state index in [1.165, 1.54) is 0 Å². The molecule has 0 fully saturated rings. The standard InChI is InChI=1S/C10H12Cl2N2O/c1-6(14-5-9(13)15)7-3-2-4-8(11)10(7)12/h2-4,6,14H,5H2,1H3,(H2,13,15). The number of carbonyl (C=O) groups is 1. The smallest absolute Gasteiger partial charge is 0.231 e. The lowest BCUT2D eigenvalue weighted by Crippen LogP contribution is -2.30. The van der Waals surface area contributed by atoms with Gasteiger partial charge >= 0.3 is 0 Å². The molecule has 5 heteroatoms. The second-order valence-electron chi connectivity index (χ2n) is 3.21. The van der Waals surface area contributed by atoms with Crippen molar-refractivity contribution in [1.29, 1.82) is 0 Å². The highest BCUT2D eigenvalue weighted by Gasteiger charge is 2.11.